The third-order valence-corrected chi connectivity index (χ3v) is 3.45. The molecule has 0 aliphatic rings. The average molecular weight is 281 g/mol. The van der Waals surface area contributed by atoms with Crippen LogP contribution in [0, 0.1) is 0 Å². The summed E-state index contributed by atoms with van der Waals surface area (Å²) in [5.74, 6) is 0.487. The normalized spacial score (nSPS) is 10.4. The molecule has 1 aromatic carbocycles. The van der Waals surface area contributed by atoms with E-state index in [4.69, 9.17) is 11.6 Å². The van der Waals surface area contributed by atoms with Gasteiger partial charge in [-0.3, -0.25) is 9.97 Å². The molecule has 0 spiro atoms. The second-order valence-electron chi connectivity index (χ2n) is 4.54. The van der Waals surface area contributed by atoms with E-state index in [-0.39, 0.29) is 0 Å². The zero-order valence-corrected chi connectivity index (χ0v) is 11.6. The van der Waals surface area contributed by atoms with Crippen molar-refractivity contribution in [3.63, 3.8) is 0 Å². The highest BCUT2D eigenvalue weighted by atomic mass is 35.5. The van der Waals surface area contributed by atoms with E-state index in [9.17, 15) is 0 Å². The van der Waals surface area contributed by atoms with Crippen molar-refractivity contribution in [1.29, 1.82) is 0 Å². The van der Waals surface area contributed by atoms with E-state index in [1.165, 1.54) is 0 Å². The quantitative estimate of drug-likeness (QED) is 0.658. The minimum Gasteiger partial charge on any atom is -0.264 e. The lowest BCUT2D eigenvalue weighted by Crippen LogP contribution is -1.87. The Morgan fingerprint density at radius 2 is 1.30 bits per heavy atom. The molecule has 0 bridgehead atoms. The predicted molar refractivity (Wildman–Crippen MR) is 82.5 cm³/mol. The molecule has 2 heterocycles. The molecule has 0 aliphatic heterocycles. The Hall–Kier alpha value is -2.19. The third-order valence-electron chi connectivity index (χ3n) is 3.14. The second-order valence-corrected chi connectivity index (χ2v) is 4.80. The summed E-state index contributed by atoms with van der Waals surface area (Å²) in [6.07, 6.45) is 7.27. The molecular weight excluding hydrogens is 268 g/mol. The van der Waals surface area contributed by atoms with E-state index in [0.29, 0.717) is 5.88 Å². The molecule has 0 saturated heterocycles. The Morgan fingerprint density at radius 1 is 0.750 bits per heavy atom. The maximum absolute atomic E-state index is 6.01. The van der Waals surface area contributed by atoms with Crippen molar-refractivity contribution < 1.29 is 0 Å². The first kappa shape index (κ1) is 12.8. The van der Waals surface area contributed by atoms with Crippen LogP contribution in [0.4, 0.5) is 0 Å². The summed E-state index contributed by atoms with van der Waals surface area (Å²) in [6.45, 7) is 0. The minimum absolute atomic E-state index is 0.487. The molecule has 20 heavy (non-hydrogen) atoms. The van der Waals surface area contributed by atoms with Gasteiger partial charge in [0.2, 0.25) is 0 Å². The van der Waals surface area contributed by atoms with Gasteiger partial charge in [-0.25, -0.2) is 0 Å². The number of nitrogens with zero attached hydrogens (tertiary/aromatic N) is 2. The van der Waals surface area contributed by atoms with Crippen LogP contribution >= 0.6 is 11.6 Å². The summed E-state index contributed by atoms with van der Waals surface area (Å²) in [7, 11) is 0. The van der Waals surface area contributed by atoms with Crippen LogP contribution in [0.1, 0.15) is 5.56 Å². The van der Waals surface area contributed by atoms with Gasteiger partial charge in [-0.1, -0.05) is 12.1 Å². The first-order valence-electron chi connectivity index (χ1n) is 6.37. The summed E-state index contributed by atoms with van der Waals surface area (Å²) in [4.78, 5) is 8.35. The van der Waals surface area contributed by atoms with Crippen LogP contribution in [0.3, 0.4) is 0 Å². The molecule has 3 heteroatoms. The monoisotopic (exact) mass is 280 g/mol. The highest BCUT2D eigenvalue weighted by Crippen LogP contribution is 2.28. The maximum atomic E-state index is 6.01. The highest BCUT2D eigenvalue weighted by Gasteiger charge is 2.05. The summed E-state index contributed by atoms with van der Waals surface area (Å²) < 4.78 is 0. The zero-order valence-electron chi connectivity index (χ0n) is 10.8. The fourth-order valence-electron chi connectivity index (χ4n) is 2.17. The molecule has 0 N–H and O–H groups in total. The van der Waals surface area contributed by atoms with Crippen molar-refractivity contribution >= 4 is 11.6 Å². The number of hydrogen-bond donors (Lipinski definition) is 0. The van der Waals surface area contributed by atoms with Gasteiger partial charge < -0.3 is 0 Å². The Labute approximate surface area is 123 Å². The van der Waals surface area contributed by atoms with Crippen LogP contribution in [-0.2, 0) is 5.88 Å². The second kappa shape index (κ2) is 5.85. The average Bonchev–Trinajstić information content (AvgIpc) is 2.56. The van der Waals surface area contributed by atoms with Crippen LogP contribution in [-0.4, -0.2) is 9.97 Å². The number of aromatic nitrogens is 2. The van der Waals surface area contributed by atoms with Crippen molar-refractivity contribution in [1.82, 2.24) is 9.97 Å². The fraction of sp³-hybridized carbons (Fsp3) is 0.0588. The molecule has 0 unspecified atom stereocenters. The SMILES string of the molecule is ClCc1cc(-c2cccnc2)cc(-c2cccnc2)c1. The van der Waals surface area contributed by atoms with Gasteiger partial charge in [-0.2, -0.15) is 0 Å². The van der Waals surface area contributed by atoms with Gasteiger partial charge >= 0.3 is 0 Å². The highest BCUT2D eigenvalue weighted by molar-refractivity contribution is 6.17. The topological polar surface area (TPSA) is 25.8 Å². The summed E-state index contributed by atoms with van der Waals surface area (Å²) in [6, 6.07) is 14.3. The molecule has 2 nitrogen and oxygen atoms in total. The van der Waals surface area contributed by atoms with E-state index in [0.717, 1.165) is 27.8 Å². The van der Waals surface area contributed by atoms with Crippen molar-refractivity contribution in [3.05, 3.63) is 72.8 Å². The number of alkyl halides is 1. The first-order valence-corrected chi connectivity index (χ1v) is 6.91. The van der Waals surface area contributed by atoms with Gasteiger partial charge in [0.1, 0.15) is 0 Å². The largest absolute Gasteiger partial charge is 0.264 e. The molecule has 0 atom stereocenters. The van der Waals surface area contributed by atoms with Crippen molar-refractivity contribution in [2.24, 2.45) is 0 Å². The van der Waals surface area contributed by atoms with E-state index in [1.807, 2.05) is 36.7 Å². The number of hydrogen-bond acceptors (Lipinski definition) is 2. The Bertz CT molecular complexity index is 639. The summed E-state index contributed by atoms with van der Waals surface area (Å²) in [5, 5.41) is 0. The summed E-state index contributed by atoms with van der Waals surface area (Å²) in [5.41, 5.74) is 5.51. The molecule has 0 amide bonds. The molecule has 0 aliphatic carbocycles. The number of rotatable bonds is 3. The van der Waals surface area contributed by atoms with E-state index < -0.39 is 0 Å². The summed E-state index contributed by atoms with van der Waals surface area (Å²) >= 11 is 6.01. The van der Waals surface area contributed by atoms with Gasteiger partial charge in [0, 0.05) is 41.8 Å². The number of halogens is 1. The zero-order chi connectivity index (χ0) is 13.8. The van der Waals surface area contributed by atoms with E-state index >= 15 is 0 Å². The Kier molecular flexibility index (Phi) is 3.75. The van der Waals surface area contributed by atoms with Gasteiger partial charge in [0.25, 0.3) is 0 Å². The van der Waals surface area contributed by atoms with Gasteiger partial charge in [-0.15, -0.1) is 11.6 Å². The molecule has 0 fully saturated rings. The smallest absolute Gasteiger partial charge is 0.0474 e. The molecule has 3 rings (SSSR count). The number of benzene rings is 1. The van der Waals surface area contributed by atoms with Crippen molar-refractivity contribution in [3.8, 4) is 22.3 Å². The van der Waals surface area contributed by atoms with Gasteiger partial charge in [0.15, 0.2) is 0 Å². The lowest BCUT2D eigenvalue weighted by molar-refractivity contribution is 1.31. The van der Waals surface area contributed by atoms with Crippen molar-refractivity contribution in [2.75, 3.05) is 0 Å². The van der Waals surface area contributed by atoms with Crippen molar-refractivity contribution in [2.45, 2.75) is 5.88 Å². The molecular formula is C17H13ClN2. The van der Waals surface area contributed by atoms with E-state index in [2.05, 4.69) is 28.2 Å². The van der Waals surface area contributed by atoms with Crippen LogP contribution in [0.15, 0.2) is 67.3 Å². The standard InChI is InChI=1S/C17H13ClN2/c18-10-13-7-16(14-3-1-5-19-11-14)9-17(8-13)15-4-2-6-20-12-15/h1-9,11-12H,10H2. The number of pyridine rings is 2. The van der Waals surface area contributed by atoms with Crippen LogP contribution < -0.4 is 0 Å². The minimum atomic E-state index is 0.487. The Balaban J connectivity index is 2.13. The Morgan fingerprint density at radius 3 is 1.70 bits per heavy atom. The van der Waals surface area contributed by atoms with Gasteiger partial charge in [0.05, 0.1) is 0 Å². The molecule has 98 valence electrons. The van der Waals surface area contributed by atoms with Crippen LogP contribution in [0.2, 0.25) is 0 Å². The molecule has 0 saturated carbocycles. The van der Waals surface area contributed by atoms with E-state index in [1.54, 1.807) is 12.4 Å². The fourth-order valence-corrected chi connectivity index (χ4v) is 2.32. The lowest BCUT2D eigenvalue weighted by Gasteiger charge is -2.08. The predicted octanol–water partition coefficient (Wildman–Crippen LogP) is 4.55. The van der Waals surface area contributed by atoms with Crippen LogP contribution in [0.5, 0.6) is 0 Å². The lowest BCUT2D eigenvalue weighted by atomic mass is 9.98. The third kappa shape index (κ3) is 2.70. The van der Waals surface area contributed by atoms with Gasteiger partial charge in [-0.05, 0) is 47.0 Å². The molecule has 3 aromatic rings. The first-order chi connectivity index (χ1) is 9.86. The molecule has 0 radical (unpaired) electrons. The van der Waals surface area contributed by atoms with Crippen LogP contribution in [0.25, 0.3) is 22.3 Å². The maximum Gasteiger partial charge on any atom is 0.0474 e. The molecule has 2 aromatic heterocycles.